The number of carbonyl (C=O) groups is 2. The number of nitrogens with one attached hydrogen (secondary N) is 2. The molecule has 2 N–H and O–H groups in total. The van der Waals surface area contributed by atoms with Gasteiger partial charge in [0.2, 0.25) is 0 Å². The summed E-state index contributed by atoms with van der Waals surface area (Å²) in [7, 11) is 3.06. The number of hydrogen-bond acceptors (Lipinski definition) is 3. The second kappa shape index (κ2) is 5.77. The molecule has 0 bridgehead atoms. The van der Waals surface area contributed by atoms with Crippen molar-refractivity contribution < 1.29 is 9.59 Å². The van der Waals surface area contributed by atoms with Gasteiger partial charge in [-0.2, -0.15) is 0 Å². The van der Waals surface area contributed by atoms with Crippen LogP contribution in [0.2, 0.25) is 5.02 Å². The Labute approximate surface area is 103 Å². The minimum atomic E-state index is -0.270. The molecule has 0 unspecified atom stereocenters. The molecule has 0 atom stereocenters. The lowest BCUT2D eigenvalue weighted by atomic mass is 10.2. The minimum Gasteiger partial charge on any atom is -0.355 e. The normalized spacial score (nSPS) is 9.69. The predicted molar refractivity (Wildman–Crippen MR) is 65.2 cm³/mol. The fourth-order valence-corrected chi connectivity index (χ4v) is 1.93. The number of benzene rings is 1. The summed E-state index contributed by atoms with van der Waals surface area (Å²) in [5, 5.41) is 5.20. The Balaban J connectivity index is 3.07. The Bertz CT molecular complexity index is 423. The van der Waals surface area contributed by atoms with Crippen molar-refractivity contribution in [2.24, 2.45) is 0 Å². The van der Waals surface area contributed by atoms with Crippen LogP contribution in [0.25, 0.3) is 0 Å². The monoisotopic (exact) mass is 258 g/mol. The highest BCUT2D eigenvalue weighted by Crippen LogP contribution is 2.26. The van der Waals surface area contributed by atoms with Crippen molar-refractivity contribution in [1.82, 2.24) is 10.6 Å². The molecular weight excluding hydrogens is 248 g/mol. The van der Waals surface area contributed by atoms with Crippen LogP contribution < -0.4 is 10.6 Å². The summed E-state index contributed by atoms with van der Waals surface area (Å²) in [6, 6.07) is 4.82. The van der Waals surface area contributed by atoms with E-state index in [4.69, 9.17) is 11.6 Å². The van der Waals surface area contributed by atoms with Gasteiger partial charge < -0.3 is 10.6 Å². The predicted octanol–water partition coefficient (Wildman–Crippen LogP) is 2.13. The average Bonchev–Trinajstić information content (AvgIpc) is 2.30. The van der Waals surface area contributed by atoms with Crippen LogP contribution in [-0.4, -0.2) is 25.2 Å². The van der Waals surface area contributed by atoms with Gasteiger partial charge in [0, 0.05) is 24.0 Å². The number of amides is 2. The van der Waals surface area contributed by atoms with Gasteiger partial charge in [0.1, 0.15) is 0 Å². The van der Waals surface area contributed by atoms with Crippen molar-refractivity contribution in [1.29, 1.82) is 0 Å². The van der Waals surface area contributed by atoms with Crippen molar-refractivity contribution in [3.8, 4) is 0 Å². The first-order valence-electron chi connectivity index (χ1n) is 4.49. The molecule has 0 aromatic heterocycles. The van der Waals surface area contributed by atoms with E-state index in [1.165, 1.54) is 20.2 Å². The summed E-state index contributed by atoms with van der Waals surface area (Å²) in [4.78, 5) is 23.3. The molecule has 0 radical (unpaired) electrons. The molecular formula is C10H11ClN2O2S. The van der Waals surface area contributed by atoms with E-state index in [9.17, 15) is 9.59 Å². The van der Waals surface area contributed by atoms with E-state index in [0.717, 1.165) is 11.8 Å². The molecule has 0 spiro atoms. The lowest BCUT2D eigenvalue weighted by molar-refractivity contribution is 0.0960. The van der Waals surface area contributed by atoms with Gasteiger partial charge in [-0.05, 0) is 30.0 Å². The number of hydrogen-bond donors (Lipinski definition) is 2. The summed E-state index contributed by atoms with van der Waals surface area (Å²) in [5.41, 5.74) is 0.392. The van der Waals surface area contributed by atoms with Gasteiger partial charge in [-0.1, -0.05) is 11.6 Å². The molecule has 2 amide bonds. The maximum absolute atomic E-state index is 11.5. The van der Waals surface area contributed by atoms with E-state index in [2.05, 4.69) is 10.6 Å². The SMILES string of the molecule is CNC(=O)Sc1ccc(Cl)cc1C(=O)NC. The van der Waals surface area contributed by atoms with E-state index < -0.39 is 0 Å². The summed E-state index contributed by atoms with van der Waals surface area (Å²) in [6.45, 7) is 0. The topological polar surface area (TPSA) is 58.2 Å². The van der Waals surface area contributed by atoms with E-state index in [-0.39, 0.29) is 11.1 Å². The van der Waals surface area contributed by atoms with Crippen molar-refractivity contribution >= 4 is 34.5 Å². The Morgan fingerprint density at radius 1 is 1.25 bits per heavy atom. The molecule has 0 aliphatic heterocycles. The highest BCUT2D eigenvalue weighted by Gasteiger charge is 2.13. The molecule has 0 saturated carbocycles. The molecule has 0 fully saturated rings. The molecule has 0 aliphatic carbocycles. The van der Waals surface area contributed by atoms with Gasteiger partial charge in [0.05, 0.1) is 5.56 Å². The Hall–Kier alpha value is -1.20. The maximum Gasteiger partial charge on any atom is 0.283 e. The van der Waals surface area contributed by atoms with Crippen molar-refractivity contribution in [3.05, 3.63) is 28.8 Å². The molecule has 0 aliphatic rings. The fourth-order valence-electron chi connectivity index (χ4n) is 1.05. The van der Waals surface area contributed by atoms with Gasteiger partial charge in [0.15, 0.2) is 0 Å². The smallest absolute Gasteiger partial charge is 0.283 e. The molecule has 6 heteroatoms. The molecule has 86 valence electrons. The van der Waals surface area contributed by atoms with Crippen molar-refractivity contribution in [3.63, 3.8) is 0 Å². The van der Waals surface area contributed by atoms with Crippen LogP contribution in [0.5, 0.6) is 0 Å². The lowest BCUT2D eigenvalue weighted by Crippen LogP contribution is -2.19. The first kappa shape index (κ1) is 12.9. The van der Waals surface area contributed by atoms with Crippen molar-refractivity contribution in [2.45, 2.75) is 4.90 Å². The number of halogens is 1. The largest absolute Gasteiger partial charge is 0.355 e. The zero-order valence-corrected chi connectivity index (χ0v) is 10.4. The third-order valence-electron chi connectivity index (χ3n) is 1.82. The summed E-state index contributed by atoms with van der Waals surface area (Å²) in [6.07, 6.45) is 0. The van der Waals surface area contributed by atoms with Gasteiger partial charge in [0.25, 0.3) is 11.1 Å². The zero-order valence-electron chi connectivity index (χ0n) is 8.83. The summed E-state index contributed by atoms with van der Waals surface area (Å²) in [5.74, 6) is -0.270. The van der Waals surface area contributed by atoms with Gasteiger partial charge >= 0.3 is 0 Å². The van der Waals surface area contributed by atoms with Gasteiger partial charge in [-0.3, -0.25) is 9.59 Å². The summed E-state index contributed by atoms with van der Waals surface area (Å²) < 4.78 is 0. The van der Waals surface area contributed by atoms with Crippen LogP contribution in [0, 0.1) is 0 Å². The fraction of sp³-hybridized carbons (Fsp3) is 0.200. The van der Waals surface area contributed by atoms with Crippen LogP contribution in [0.1, 0.15) is 10.4 Å². The van der Waals surface area contributed by atoms with Crippen LogP contribution >= 0.6 is 23.4 Å². The highest BCUT2D eigenvalue weighted by atomic mass is 35.5. The molecule has 0 saturated heterocycles. The maximum atomic E-state index is 11.5. The van der Waals surface area contributed by atoms with Crippen LogP contribution in [-0.2, 0) is 0 Å². The molecule has 4 nitrogen and oxygen atoms in total. The van der Waals surface area contributed by atoms with Crippen molar-refractivity contribution in [2.75, 3.05) is 14.1 Å². The number of thioether (sulfide) groups is 1. The second-order valence-electron chi connectivity index (χ2n) is 2.86. The van der Waals surface area contributed by atoms with E-state index in [1.54, 1.807) is 12.1 Å². The molecule has 1 rings (SSSR count). The van der Waals surface area contributed by atoms with Crippen LogP contribution in [0.3, 0.4) is 0 Å². The third-order valence-corrected chi connectivity index (χ3v) is 3.02. The second-order valence-corrected chi connectivity index (χ2v) is 4.31. The number of rotatable bonds is 2. The van der Waals surface area contributed by atoms with Crippen LogP contribution in [0.4, 0.5) is 4.79 Å². The van der Waals surface area contributed by atoms with E-state index in [0.29, 0.717) is 15.5 Å². The zero-order chi connectivity index (χ0) is 12.1. The minimum absolute atomic E-state index is 0.229. The van der Waals surface area contributed by atoms with E-state index >= 15 is 0 Å². The Morgan fingerprint density at radius 3 is 2.50 bits per heavy atom. The number of carbonyl (C=O) groups excluding carboxylic acids is 2. The molecule has 16 heavy (non-hydrogen) atoms. The summed E-state index contributed by atoms with van der Waals surface area (Å²) >= 11 is 6.75. The third kappa shape index (κ3) is 3.15. The standard InChI is InChI=1S/C10H11ClN2O2S/c1-12-9(14)7-5-6(11)3-4-8(7)16-10(15)13-2/h3-5H,1-2H3,(H,12,14)(H,13,15). The van der Waals surface area contributed by atoms with E-state index in [1.807, 2.05) is 0 Å². The first-order valence-corrected chi connectivity index (χ1v) is 5.69. The van der Waals surface area contributed by atoms with Gasteiger partial charge in [-0.15, -0.1) is 0 Å². The van der Waals surface area contributed by atoms with Crippen LogP contribution in [0.15, 0.2) is 23.1 Å². The quantitative estimate of drug-likeness (QED) is 0.799. The Morgan fingerprint density at radius 2 is 1.94 bits per heavy atom. The molecule has 1 aromatic carbocycles. The molecule has 0 heterocycles. The average molecular weight is 259 g/mol. The lowest BCUT2D eigenvalue weighted by Gasteiger charge is -2.07. The first-order chi connectivity index (χ1) is 7.58. The highest BCUT2D eigenvalue weighted by molar-refractivity contribution is 8.13. The molecule has 1 aromatic rings. The van der Waals surface area contributed by atoms with Gasteiger partial charge in [-0.25, -0.2) is 0 Å². The Kier molecular flexibility index (Phi) is 4.64.